The molecule has 1 rings (SSSR count). The minimum atomic E-state index is -0.111. The second kappa shape index (κ2) is 5.35. The number of para-hydroxylation sites is 1. The number of nitrogens with zero attached hydrogens (tertiary/aromatic N) is 1. The fourth-order valence-electron chi connectivity index (χ4n) is 1.36. The van der Waals surface area contributed by atoms with E-state index in [1.165, 1.54) is 5.56 Å². The molecule has 0 unspecified atom stereocenters. The van der Waals surface area contributed by atoms with Gasteiger partial charge in [-0.15, -0.1) is 11.6 Å². The van der Waals surface area contributed by atoms with E-state index in [9.17, 15) is 0 Å². The molecule has 1 aromatic rings. The second-order valence-corrected chi connectivity index (χ2v) is 5.07. The first-order valence-electron chi connectivity index (χ1n) is 5.40. The number of rotatable bonds is 2. The van der Waals surface area contributed by atoms with Crippen molar-refractivity contribution < 1.29 is 0 Å². The van der Waals surface area contributed by atoms with E-state index >= 15 is 0 Å². The molecule has 0 aliphatic carbocycles. The Morgan fingerprint density at radius 3 is 2.44 bits per heavy atom. The summed E-state index contributed by atoms with van der Waals surface area (Å²) in [6.07, 6.45) is 0. The largest absolute Gasteiger partial charge is 0.343 e. The van der Waals surface area contributed by atoms with Crippen molar-refractivity contribution in [1.29, 1.82) is 0 Å². The highest BCUT2D eigenvalue weighted by molar-refractivity contribution is 6.30. The van der Waals surface area contributed by atoms with E-state index in [4.69, 9.17) is 11.6 Å². The summed E-state index contributed by atoms with van der Waals surface area (Å²) in [4.78, 5) is 4.54. The topological polar surface area (TPSA) is 24.4 Å². The molecular weight excluding hydrogens is 220 g/mol. The minimum absolute atomic E-state index is 0.111. The zero-order valence-electron chi connectivity index (χ0n) is 10.3. The predicted molar refractivity (Wildman–Crippen MR) is 72.7 cm³/mol. The molecule has 0 spiro atoms. The molecule has 3 heteroatoms. The number of alkyl halides is 1. The van der Waals surface area contributed by atoms with E-state index in [2.05, 4.69) is 44.1 Å². The van der Waals surface area contributed by atoms with Crippen LogP contribution in [0.1, 0.15) is 26.3 Å². The molecule has 0 aliphatic rings. The van der Waals surface area contributed by atoms with Gasteiger partial charge in [0, 0.05) is 5.69 Å². The van der Waals surface area contributed by atoms with Crippen molar-refractivity contribution in [2.75, 3.05) is 11.2 Å². The first kappa shape index (κ1) is 13.0. The molecule has 0 saturated carbocycles. The van der Waals surface area contributed by atoms with Gasteiger partial charge >= 0.3 is 0 Å². The molecular formula is C13H19ClN2. The number of amidine groups is 1. The number of aliphatic imine (C=N–C) groups is 1. The van der Waals surface area contributed by atoms with Crippen LogP contribution < -0.4 is 5.32 Å². The van der Waals surface area contributed by atoms with Gasteiger partial charge in [0.05, 0.1) is 11.4 Å². The maximum absolute atomic E-state index is 5.88. The number of hydrogen-bond acceptors (Lipinski definition) is 1. The first-order chi connectivity index (χ1) is 7.42. The average molecular weight is 239 g/mol. The van der Waals surface area contributed by atoms with Crippen LogP contribution in [0.5, 0.6) is 0 Å². The first-order valence-corrected chi connectivity index (χ1v) is 5.93. The average Bonchev–Trinajstić information content (AvgIpc) is 2.18. The van der Waals surface area contributed by atoms with Gasteiger partial charge in [0.15, 0.2) is 0 Å². The van der Waals surface area contributed by atoms with E-state index in [1.807, 2.05) is 18.2 Å². The number of nitrogens with one attached hydrogen (secondary N) is 1. The molecule has 0 radical (unpaired) electrons. The number of benzene rings is 1. The Kier molecular flexibility index (Phi) is 4.36. The summed E-state index contributed by atoms with van der Waals surface area (Å²) in [6, 6.07) is 8.10. The van der Waals surface area contributed by atoms with Crippen LogP contribution in [0.15, 0.2) is 29.3 Å². The molecule has 0 atom stereocenters. The van der Waals surface area contributed by atoms with Crippen LogP contribution in [-0.2, 0) is 0 Å². The molecule has 0 saturated heterocycles. The van der Waals surface area contributed by atoms with Gasteiger partial charge in [0.1, 0.15) is 5.84 Å². The Labute approximate surface area is 103 Å². The fraction of sp³-hybridized carbons (Fsp3) is 0.462. The zero-order chi connectivity index (χ0) is 12.2. The monoisotopic (exact) mass is 238 g/mol. The van der Waals surface area contributed by atoms with Gasteiger partial charge in [-0.1, -0.05) is 18.2 Å². The highest BCUT2D eigenvalue weighted by Gasteiger charge is 2.10. The Morgan fingerprint density at radius 2 is 1.94 bits per heavy atom. The third-order valence-electron chi connectivity index (χ3n) is 2.02. The third kappa shape index (κ3) is 4.23. The number of hydrogen-bond donors (Lipinski definition) is 1. The number of aryl methyl sites for hydroxylation is 1. The van der Waals surface area contributed by atoms with Crippen LogP contribution in [0, 0.1) is 6.92 Å². The van der Waals surface area contributed by atoms with Crippen LogP contribution in [0.2, 0.25) is 0 Å². The molecule has 0 aliphatic heterocycles. The van der Waals surface area contributed by atoms with Gasteiger partial charge in [-0.05, 0) is 39.3 Å². The lowest BCUT2D eigenvalue weighted by Gasteiger charge is -2.17. The normalized spacial score (nSPS) is 12.7. The number of halogens is 1. The molecule has 1 N–H and O–H groups in total. The third-order valence-corrected chi connectivity index (χ3v) is 2.27. The maximum Gasteiger partial charge on any atom is 0.116 e. The van der Waals surface area contributed by atoms with Crippen LogP contribution >= 0.6 is 11.6 Å². The van der Waals surface area contributed by atoms with Crippen molar-refractivity contribution in [2.24, 2.45) is 4.99 Å². The molecule has 88 valence electrons. The Morgan fingerprint density at radius 1 is 1.31 bits per heavy atom. The van der Waals surface area contributed by atoms with Crippen molar-refractivity contribution in [2.45, 2.75) is 33.2 Å². The fourth-order valence-corrected chi connectivity index (χ4v) is 1.49. The predicted octanol–water partition coefficient (Wildman–Crippen LogP) is 3.84. The molecule has 1 aromatic carbocycles. The Hall–Kier alpha value is -1.02. The molecule has 0 fully saturated rings. The summed E-state index contributed by atoms with van der Waals surface area (Å²) >= 11 is 5.88. The van der Waals surface area contributed by atoms with Crippen molar-refractivity contribution >= 4 is 23.1 Å². The van der Waals surface area contributed by atoms with Crippen molar-refractivity contribution in [1.82, 2.24) is 0 Å². The molecule has 16 heavy (non-hydrogen) atoms. The SMILES string of the molecule is Cc1ccccc1NC(CCl)=NC(C)(C)C. The van der Waals surface area contributed by atoms with Gasteiger partial charge in [0.2, 0.25) is 0 Å². The molecule has 2 nitrogen and oxygen atoms in total. The Bertz CT molecular complexity index is 378. The van der Waals surface area contributed by atoms with E-state index in [0.29, 0.717) is 5.88 Å². The molecule has 0 aromatic heterocycles. The lowest BCUT2D eigenvalue weighted by atomic mass is 10.1. The second-order valence-electron chi connectivity index (χ2n) is 4.80. The van der Waals surface area contributed by atoms with Crippen LogP contribution in [0.3, 0.4) is 0 Å². The smallest absolute Gasteiger partial charge is 0.116 e. The standard InChI is InChI=1S/C13H19ClN2/c1-10-7-5-6-8-11(10)15-12(9-14)16-13(2,3)4/h5-8H,9H2,1-4H3,(H,15,16). The molecule has 0 bridgehead atoms. The summed E-state index contributed by atoms with van der Waals surface area (Å²) in [5.41, 5.74) is 2.14. The highest BCUT2D eigenvalue weighted by atomic mass is 35.5. The minimum Gasteiger partial charge on any atom is -0.343 e. The van der Waals surface area contributed by atoms with Crippen LogP contribution in [0.4, 0.5) is 5.69 Å². The summed E-state index contributed by atoms with van der Waals surface area (Å²) < 4.78 is 0. The van der Waals surface area contributed by atoms with Crippen LogP contribution in [0.25, 0.3) is 0 Å². The van der Waals surface area contributed by atoms with Gasteiger partial charge < -0.3 is 5.32 Å². The lowest BCUT2D eigenvalue weighted by Crippen LogP contribution is -2.21. The summed E-state index contributed by atoms with van der Waals surface area (Å²) in [5, 5.41) is 3.27. The van der Waals surface area contributed by atoms with Gasteiger partial charge in [-0.3, -0.25) is 4.99 Å². The molecule has 0 heterocycles. The highest BCUT2D eigenvalue weighted by Crippen LogP contribution is 2.15. The van der Waals surface area contributed by atoms with Crippen molar-refractivity contribution in [3.63, 3.8) is 0 Å². The van der Waals surface area contributed by atoms with E-state index in [-0.39, 0.29) is 5.54 Å². The van der Waals surface area contributed by atoms with E-state index in [0.717, 1.165) is 11.5 Å². The number of anilines is 1. The van der Waals surface area contributed by atoms with Crippen molar-refractivity contribution in [3.8, 4) is 0 Å². The van der Waals surface area contributed by atoms with E-state index in [1.54, 1.807) is 0 Å². The van der Waals surface area contributed by atoms with Gasteiger partial charge in [-0.25, -0.2) is 0 Å². The van der Waals surface area contributed by atoms with Gasteiger partial charge in [-0.2, -0.15) is 0 Å². The summed E-state index contributed by atoms with van der Waals surface area (Å²) in [6.45, 7) is 8.22. The maximum atomic E-state index is 5.88. The summed E-state index contributed by atoms with van der Waals surface area (Å²) in [7, 11) is 0. The lowest BCUT2D eigenvalue weighted by molar-refractivity contribution is 0.583. The summed E-state index contributed by atoms with van der Waals surface area (Å²) in [5.74, 6) is 1.20. The van der Waals surface area contributed by atoms with Crippen LogP contribution in [-0.4, -0.2) is 17.3 Å². The molecule has 0 amide bonds. The zero-order valence-corrected chi connectivity index (χ0v) is 11.1. The quantitative estimate of drug-likeness (QED) is 0.473. The van der Waals surface area contributed by atoms with Gasteiger partial charge in [0.25, 0.3) is 0 Å². The van der Waals surface area contributed by atoms with Crippen molar-refractivity contribution in [3.05, 3.63) is 29.8 Å². The van der Waals surface area contributed by atoms with E-state index < -0.39 is 0 Å². The Balaban J connectivity index is 2.87.